The van der Waals surface area contributed by atoms with Crippen LogP contribution in [0.2, 0.25) is 0 Å². The fourth-order valence-electron chi connectivity index (χ4n) is 2.49. The second kappa shape index (κ2) is 8.51. The third-order valence-electron chi connectivity index (χ3n) is 3.52. The molecular weight excluding hydrogens is 216 g/mol. The summed E-state index contributed by atoms with van der Waals surface area (Å²) in [6.45, 7) is 5.53. The van der Waals surface area contributed by atoms with Crippen molar-refractivity contribution in [1.82, 2.24) is 0 Å². The van der Waals surface area contributed by atoms with E-state index >= 15 is 0 Å². The van der Waals surface area contributed by atoms with Gasteiger partial charge in [0.2, 0.25) is 0 Å². The van der Waals surface area contributed by atoms with E-state index in [0.29, 0.717) is 18.9 Å². The number of ether oxygens (including phenoxy) is 2. The summed E-state index contributed by atoms with van der Waals surface area (Å²) >= 11 is 0. The lowest BCUT2D eigenvalue weighted by Gasteiger charge is -2.30. The Morgan fingerprint density at radius 1 is 1.24 bits per heavy atom. The SMILES string of the molecule is CCOCCCC(=O)O[C@H]1CCCC[C@@H]1CC. The first-order chi connectivity index (χ1) is 8.27. The Labute approximate surface area is 105 Å². The Kier molecular flexibility index (Phi) is 7.25. The molecule has 1 aliphatic rings. The van der Waals surface area contributed by atoms with Crippen LogP contribution in [0.15, 0.2) is 0 Å². The summed E-state index contributed by atoms with van der Waals surface area (Å²) in [4.78, 5) is 11.7. The first-order valence-electron chi connectivity index (χ1n) is 7.05. The van der Waals surface area contributed by atoms with Crippen LogP contribution in [0.4, 0.5) is 0 Å². The number of hydrogen-bond acceptors (Lipinski definition) is 3. The van der Waals surface area contributed by atoms with Crippen molar-refractivity contribution < 1.29 is 14.3 Å². The Balaban J connectivity index is 2.19. The molecule has 0 unspecified atom stereocenters. The molecule has 2 atom stereocenters. The lowest BCUT2D eigenvalue weighted by atomic mass is 9.85. The maximum Gasteiger partial charge on any atom is 0.306 e. The molecule has 0 aliphatic heterocycles. The quantitative estimate of drug-likeness (QED) is 0.507. The molecule has 0 bridgehead atoms. The monoisotopic (exact) mass is 242 g/mol. The predicted octanol–water partition coefficient (Wildman–Crippen LogP) is 3.32. The van der Waals surface area contributed by atoms with Gasteiger partial charge in [0, 0.05) is 19.6 Å². The molecule has 0 radical (unpaired) electrons. The second-order valence-electron chi connectivity index (χ2n) is 4.78. The number of hydrogen-bond donors (Lipinski definition) is 0. The molecule has 0 heterocycles. The van der Waals surface area contributed by atoms with E-state index in [0.717, 1.165) is 25.9 Å². The molecule has 3 heteroatoms. The molecular formula is C14H26O3. The van der Waals surface area contributed by atoms with Crippen LogP contribution in [-0.4, -0.2) is 25.3 Å². The summed E-state index contributed by atoms with van der Waals surface area (Å²) in [7, 11) is 0. The van der Waals surface area contributed by atoms with Crippen molar-refractivity contribution in [1.29, 1.82) is 0 Å². The molecule has 1 fully saturated rings. The lowest BCUT2D eigenvalue weighted by Crippen LogP contribution is -2.29. The van der Waals surface area contributed by atoms with Gasteiger partial charge in [0.05, 0.1) is 0 Å². The van der Waals surface area contributed by atoms with Crippen LogP contribution in [0.5, 0.6) is 0 Å². The molecule has 0 saturated heterocycles. The maximum atomic E-state index is 11.7. The summed E-state index contributed by atoms with van der Waals surface area (Å²) in [5.74, 6) is 0.537. The van der Waals surface area contributed by atoms with Crippen LogP contribution >= 0.6 is 0 Å². The van der Waals surface area contributed by atoms with Crippen LogP contribution in [-0.2, 0) is 14.3 Å². The van der Waals surface area contributed by atoms with E-state index in [1.165, 1.54) is 19.3 Å². The molecule has 1 saturated carbocycles. The van der Waals surface area contributed by atoms with Gasteiger partial charge in [-0.3, -0.25) is 4.79 Å². The smallest absolute Gasteiger partial charge is 0.306 e. The number of rotatable bonds is 7. The maximum absolute atomic E-state index is 11.7. The van der Waals surface area contributed by atoms with E-state index in [-0.39, 0.29) is 12.1 Å². The van der Waals surface area contributed by atoms with Crippen molar-refractivity contribution in [3.8, 4) is 0 Å². The first kappa shape index (κ1) is 14.5. The van der Waals surface area contributed by atoms with Crippen molar-refractivity contribution in [2.45, 2.75) is 64.9 Å². The van der Waals surface area contributed by atoms with Gasteiger partial charge in [-0.15, -0.1) is 0 Å². The minimum atomic E-state index is -0.0462. The van der Waals surface area contributed by atoms with E-state index in [4.69, 9.17) is 9.47 Å². The van der Waals surface area contributed by atoms with Gasteiger partial charge in [0.1, 0.15) is 6.10 Å². The number of carbonyl (C=O) groups is 1. The van der Waals surface area contributed by atoms with Gasteiger partial charge in [-0.25, -0.2) is 0 Å². The van der Waals surface area contributed by atoms with Crippen LogP contribution in [0.1, 0.15) is 58.8 Å². The van der Waals surface area contributed by atoms with Crippen LogP contribution < -0.4 is 0 Å². The molecule has 0 amide bonds. The Bertz CT molecular complexity index is 216. The molecule has 17 heavy (non-hydrogen) atoms. The summed E-state index contributed by atoms with van der Waals surface area (Å²) in [5, 5.41) is 0. The van der Waals surface area contributed by atoms with Gasteiger partial charge < -0.3 is 9.47 Å². The van der Waals surface area contributed by atoms with Gasteiger partial charge >= 0.3 is 5.97 Å². The zero-order valence-electron chi connectivity index (χ0n) is 11.2. The molecule has 0 aromatic carbocycles. The fraction of sp³-hybridized carbons (Fsp3) is 0.929. The molecule has 0 spiro atoms. The van der Waals surface area contributed by atoms with Gasteiger partial charge in [0.25, 0.3) is 0 Å². The van der Waals surface area contributed by atoms with Crippen molar-refractivity contribution in [2.24, 2.45) is 5.92 Å². The second-order valence-corrected chi connectivity index (χ2v) is 4.78. The normalized spacial score (nSPS) is 24.6. The third-order valence-corrected chi connectivity index (χ3v) is 3.52. The molecule has 0 aromatic rings. The van der Waals surface area contributed by atoms with Crippen molar-refractivity contribution in [3.63, 3.8) is 0 Å². The van der Waals surface area contributed by atoms with Crippen LogP contribution in [0.25, 0.3) is 0 Å². The Morgan fingerprint density at radius 2 is 2.00 bits per heavy atom. The highest BCUT2D eigenvalue weighted by Gasteiger charge is 2.26. The molecule has 0 aromatic heterocycles. The van der Waals surface area contributed by atoms with Crippen LogP contribution in [0, 0.1) is 5.92 Å². The molecule has 1 aliphatic carbocycles. The average Bonchev–Trinajstić information content (AvgIpc) is 2.35. The molecule has 0 N–H and O–H groups in total. The zero-order valence-corrected chi connectivity index (χ0v) is 11.2. The highest BCUT2D eigenvalue weighted by Crippen LogP contribution is 2.29. The van der Waals surface area contributed by atoms with Crippen molar-refractivity contribution in [2.75, 3.05) is 13.2 Å². The standard InChI is InChI=1S/C14H26O3/c1-3-12-8-5-6-9-13(12)17-14(15)10-7-11-16-4-2/h12-13H,3-11H2,1-2H3/t12-,13-/m0/s1. The van der Waals surface area contributed by atoms with Gasteiger partial charge in [-0.2, -0.15) is 0 Å². The van der Waals surface area contributed by atoms with E-state index in [2.05, 4.69) is 6.92 Å². The summed E-state index contributed by atoms with van der Waals surface area (Å²) in [6, 6.07) is 0. The van der Waals surface area contributed by atoms with E-state index in [1.54, 1.807) is 0 Å². The first-order valence-corrected chi connectivity index (χ1v) is 7.05. The number of carbonyl (C=O) groups excluding carboxylic acids is 1. The van der Waals surface area contributed by atoms with Crippen molar-refractivity contribution in [3.05, 3.63) is 0 Å². The summed E-state index contributed by atoms with van der Waals surface area (Å²) < 4.78 is 10.8. The fourth-order valence-corrected chi connectivity index (χ4v) is 2.49. The minimum absolute atomic E-state index is 0.0462. The predicted molar refractivity (Wildman–Crippen MR) is 67.9 cm³/mol. The lowest BCUT2D eigenvalue weighted by molar-refractivity contribution is -0.154. The highest BCUT2D eigenvalue weighted by atomic mass is 16.5. The van der Waals surface area contributed by atoms with Gasteiger partial charge in [-0.05, 0) is 44.9 Å². The summed E-state index contributed by atoms with van der Waals surface area (Å²) in [5.41, 5.74) is 0. The van der Waals surface area contributed by atoms with E-state index in [1.807, 2.05) is 6.92 Å². The summed E-state index contributed by atoms with van der Waals surface area (Å²) in [6.07, 6.45) is 7.32. The molecule has 100 valence electrons. The number of esters is 1. The van der Waals surface area contributed by atoms with E-state index in [9.17, 15) is 4.79 Å². The van der Waals surface area contributed by atoms with E-state index < -0.39 is 0 Å². The van der Waals surface area contributed by atoms with Crippen molar-refractivity contribution >= 4 is 5.97 Å². The Morgan fingerprint density at radius 3 is 2.71 bits per heavy atom. The Hall–Kier alpha value is -0.570. The van der Waals surface area contributed by atoms with Gasteiger partial charge in [0.15, 0.2) is 0 Å². The third kappa shape index (κ3) is 5.53. The molecule has 1 rings (SSSR count). The van der Waals surface area contributed by atoms with Crippen LogP contribution in [0.3, 0.4) is 0 Å². The molecule has 3 nitrogen and oxygen atoms in total. The highest BCUT2D eigenvalue weighted by molar-refractivity contribution is 5.69. The minimum Gasteiger partial charge on any atom is -0.462 e. The average molecular weight is 242 g/mol. The van der Waals surface area contributed by atoms with Gasteiger partial charge in [-0.1, -0.05) is 13.3 Å². The topological polar surface area (TPSA) is 35.5 Å². The largest absolute Gasteiger partial charge is 0.462 e. The zero-order chi connectivity index (χ0) is 12.5.